The lowest BCUT2D eigenvalue weighted by molar-refractivity contribution is 0.0919. The molecule has 1 amide bonds. The number of para-hydroxylation sites is 1. The van der Waals surface area contributed by atoms with Crippen molar-refractivity contribution in [3.05, 3.63) is 59.0 Å². The Balaban J connectivity index is 1.34. The summed E-state index contributed by atoms with van der Waals surface area (Å²) in [6.45, 7) is 1.20. The third-order valence-electron chi connectivity index (χ3n) is 5.76. The van der Waals surface area contributed by atoms with Gasteiger partial charge in [0.05, 0.1) is 24.8 Å². The molecular formula is C21H22N4O2. The molecule has 6 heteroatoms. The van der Waals surface area contributed by atoms with Crippen LogP contribution in [0.25, 0.3) is 10.9 Å². The van der Waals surface area contributed by atoms with E-state index in [1.165, 1.54) is 10.9 Å². The average Bonchev–Trinajstić information content (AvgIpc) is 3.40. The minimum atomic E-state index is -0.0884. The standard InChI is InChI=1S/C21H22N4O2/c26-21(20-16-5-3-7-18(16)24-25-20)23-19-12-27-11-14(19)10-13-8-9-22-17-6-2-1-4-15(13)17/h1-2,4,6,8-9,14,19H,3,5,7,10-12H2,(H,23,26)(H,24,25)/t14-,19-/m1/s1. The van der Waals surface area contributed by atoms with Crippen molar-refractivity contribution in [3.63, 3.8) is 0 Å². The Morgan fingerprint density at radius 2 is 2.15 bits per heavy atom. The van der Waals surface area contributed by atoms with Crippen LogP contribution < -0.4 is 5.32 Å². The highest BCUT2D eigenvalue weighted by molar-refractivity contribution is 5.94. The molecule has 0 radical (unpaired) electrons. The SMILES string of the molecule is O=C(N[C@@H]1COC[C@H]1Cc1ccnc2ccccc12)c1n[nH]c2c1CCC2. The second kappa shape index (κ2) is 6.78. The molecule has 1 aromatic carbocycles. The van der Waals surface area contributed by atoms with E-state index in [4.69, 9.17) is 4.74 Å². The zero-order valence-corrected chi connectivity index (χ0v) is 15.1. The molecule has 138 valence electrons. The van der Waals surface area contributed by atoms with Crippen molar-refractivity contribution >= 4 is 16.8 Å². The van der Waals surface area contributed by atoms with Gasteiger partial charge in [0.25, 0.3) is 5.91 Å². The summed E-state index contributed by atoms with van der Waals surface area (Å²) in [6, 6.07) is 10.2. The highest BCUT2D eigenvalue weighted by atomic mass is 16.5. The van der Waals surface area contributed by atoms with E-state index in [-0.39, 0.29) is 17.9 Å². The monoisotopic (exact) mass is 362 g/mol. The third-order valence-corrected chi connectivity index (χ3v) is 5.76. The van der Waals surface area contributed by atoms with Gasteiger partial charge >= 0.3 is 0 Å². The fraction of sp³-hybridized carbons (Fsp3) is 0.381. The van der Waals surface area contributed by atoms with Gasteiger partial charge in [-0.3, -0.25) is 14.9 Å². The fourth-order valence-corrected chi connectivity index (χ4v) is 4.32. The number of nitrogens with zero attached hydrogens (tertiary/aromatic N) is 2. The minimum Gasteiger partial charge on any atom is -0.379 e. The minimum absolute atomic E-state index is 0.00168. The Bertz CT molecular complexity index is 992. The Kier molecular flexibility index (Phi) is 4.13. The van der Waals surface area contributed by atoms with E-state index in [9.17, 15) is 4.79 Å². The molecule has 2 aromatic heterocycles. The number of benzene rings is 1. The first kappa shape index (κ1) is 16.4. The number of aromatic nitrogens is 3. The van der Waals surface area contributed by atoms with Crippen LogP contribution in [-0.4, -0.2) is 40.3 Å². The maximum atomic E-state index is 12.8. The first-order chi connectivity index (χ1) is 13.3. The number of aryl methyl sites for hydroxylation is 1. The molecule has 0 bridgehead atoms. The van der Waals surface area contributed by atoms with Crippen molar-refractivity contribution in [1.82, 2.24) is 20.5 Å². The number of rotatable bonds is 4. The summed E-state index contributed by atoms with van der Waals surface area (Å²) in [4.78, 5) is 17.2. The molecule has 3 aromatic rings. The molecule has 1 saturated heterocycles. The van der Waals surface area contributed by atoms with Gasteiger partial charge in [-0.2, -0.15) is 5.10 Å². The molecule has 0 saturated carbocycles. The number of hydrogen-bond acceptors (Lipinski definition) is 4. The number of ether oxygens (including phenoxy) is 1. The van der Waals surface area contributed by atoms with Crippen LogP contribution in [0.15, 0.2) is 36.5 Å². The number of fused-ring (bicyclic) bond motifs is 2. The van der Waals surface area contributed by atoms with Gasteiger partial charge in [0.1, 0.15) is 0 Å². The van der Waals surface area contributed by atoms with Crippen LogP contribution in [0.2, 0.25) is 0 Å². The summed E-state index contributed by atoms with van der Waals surface area (Å²) in [5, 5.41) is 11.6. The van der Waals surface area contributed by atoms with Crippen molar-refractivity contribution in [1.29, 1.82) is 0 Å². The lowest BCUT2D eigenvalue weighted by atomic mass is 9.93. The highest BCUT2D eigenvalue weighted by Gasteiger charge is 2.32. The van der Waals surface area contributed by atoms with Gasteiger partial charge in [-0.25, -0.2) is 0 Å². The Labute approximate surface area is 157 Å². The second-order valence-corrected chi connectivity index (χ2v) is 7.45. The molecular weight excluding hydrogens is 340 g/mol. The number of aromatic amines is 1. The van der Waals surface area contributed by atoms with E-state index in [0.717, 1.165) is 42.5 Å². The summed E-state index contributed by atoms with van der Waals surface area (Å²) in [5.41, 5.74) is 5.01. The molecule has 2 aliphatic rings. The van der Waals surface area contributed by atoms with Gasteiger partial charge in [0.15, 0.2) is 5.69 Å². The number of amides is 1. The quantitative estimate of drug-likeness (QED) is 0.747. The van der Waals surface area contributed by atoms with Crippen molar-refractivity contribution < 1.29 is 9.53 Å². The summed E-state index contributed by atoms with van der Waals surface area (Å²) in [7, 11) is 0. The predicted molar refractivity (Wildman–Crippen MR) is 102 cm³/mol. The van der Waals surface area contributed by atoms with Crippen LogP contribution in [0.3, 0.4) is 0 Å². The maximum Gasteiger partial charge on any atom is 0.272 e. The molecule has 5 rings (SSSR count). The number of carbonyl (C=O) groups is 1. The van der Waals surface area contributed by atoms with E-state index >= 15 is 0 Å². The van der Waals surface area contributed by atoms with Gasteiger partial charge in [0.2, 0.25) is 0 Å². The molecule has 6 nitrogen and oxygen atoms in total. The van der Waals surface area contributed by atoms with Crippen LogP contribution >= 0.6 is 0 Å². The van der Waals surface area contributed by atoms with Gasteiger partial charge in [-0.05, 0) is 43.4 Å². The van der Waals surface area contributed by atoms with Crippen LogP contribution in [-0.2, 0) is 24.0 Å². The molecule has 1 aliphatic heterocycles. The number of H-pyrrole nitrogens is 1. The summed E-state index contributed by atoms with van der Waals surface area (Å²) < 4.78 is 5.71. The molecule has 2 atom stereocenters. The molecule has 3 heterocycles. The Morgan fingerprint density at radius 1 is 1.22 bits per heavy atom. The van der Waals surface area contributed by atoms with Crippen LogP contribution in [0, 0.1) is 5.92 Å². The van der Waals surface area contributed by atoms with Gasteiger partial charge in [0, 0.05) is 28.8 Å². The van der Waals surface area contributed by atoms with Gasteiger partial charge < -0.3 is 10.1 Å². The number of nitrogens with one attached hydrogen (secondary N) is 2. The Morgan fingerprint density at radius 3 is 3.11 bits per heavy atom. The Hall–Kier alpha value is -2.73. The predicted octanol–water partition coefficient (Wildman–Crippen LogP) is 2.43. The zero-order valence-electron chi connectivity index (χ0n) is 15.1. The first-order valence-electron chi connectivity index (χ1n) is 9.57. The van der Waals surface area contributed by atoms with Crippen molar-refractivity contribution in [3.8, 4) is 0 Å². The molecule has 2 N–H and O–H groups in total. The summed E-state index contributed by atoms with van der Waals surface area (Å²) in [5.74, 6) is 0.154. The second-order valence-electron chi connectivity index (χ2n) is 7.45. The van der Waals surface area contributed by atoms with Crippen LogP contribution in [0.4, 0.5) is 0 Å². The maximum absolute atomic E-state index is 12.8. The van der Waals surface area contributed by atoms with Crippen molar-refractivity contribution in [2.24, 2.45) is 5.92 Å². The smallest absolute Gasteiger partial charge is 0.272 e. The van der Waals surface area contributed by atoms with E-state index in [0.29, 0.717) is 18.9 Å². The molecule has 27 heavy (non-hydrogen) atoms. The lowest BCUT2D eigenvalue weighted by Gasteiger charge is -2.19. The number of pyridine rings is 1. The summed E-state index contributed by atoms with van der Waals surface area (Å²) in [6.07, 6.45) is 5.72. The molecule has 0 spiro atoms. The number of carbonyl (C=O) groups excluding carboxylic acids is 1. The molecule has 1 aliphatic carbocycles. The fourth-order valence-electron chi connectivity index (χ4n) is 4.32. The zero-order chi connectivity index (χ0) is 18.2. The lowest BCUT2D eigenvalue weighted by Crippen LogP contribution is -2.41. The van der Waals surface area contributed by atoms with Gasteiger partial charge in [-0.15, -0.1) is 0 Å². The largest absolute Gasteiger partial charge is 0.379 e. The van der Waals surface area contributed by atoms with E-state index < -0.39 is 0 Å². The van der Waals surface area contributed by atoms with Crippen molar-refractivity contribution in [2.75, 3.05) is 13.2 Å². The van der Waals surface area contributed by atoms with Crippen LogP contribution in [0.5, 0.6) is 0 Å². The van der Waals surface area contributed by atoms with E-state index in [2.05, 4.69) is 32.6 Å². The highest BCUT2D eigenvalue weighted by Crippen LogP contribution is 2.26. The first-order valence-corrected chi connectivity index (χ1v) is 9.57. The van der Waals surface area contributed by atoms with Gasteiger partial charge in [-0.1, -0.05) is 18.2 Å². The topological polar surface area (TPSA) is 79.9 Å². The third kappa shape index (κ3) is 3.00. The van der Waals surface area contributed by atoms with Crippen LogP contribution in [0.1, 0.15) is 33.7 Å². The summed E-state index contributed by atoms with van der Waals surface area (Å²) >= 11 is 0. The van der Waals surface area contributed by atoms with E-state index in [1.54, 1.807) is 0 Å². The average molecular weight is 362 g/mol. The molecule has 0 unspecified atom stereocenters. The molecule has 1 fully saturated rings. The normalized spacial score (nSPS) is 21.5. The number of hydrogen-bond donors (Lipinski definition) is 2. The van der Waals surface area contributed by atoms with Crippen molar-refractivity contribution in [2.45, 2.75) is 31.7 Å². The van der Waals surface area contributed by atoms with E-state index in [1.807, 2.05) is 24.4 Å².